The minimum Gasteiger partial charge on any atom is -0.324 e. The normalized spacial score (nSPS) is 15.1. The largest absolute Gasteiger partial charge is 0.324 e. The molecule has 0 saturated heterocycles. The molecule has 0 aliphatic carbocycles. The van der Waals surface area contributed by atoms with E-state index in [0.29, 0.717) is 5.92 Å². The molecule has 1 aromatic rings. The van der Waals surface area contributed by atoms with Crippen molar-refractivity contribution in [1.82, 2.24) is 0 Å². The van der Waals surface area contributed by atoms with E-state index in [2.05, 4.69) is 38.1 Å². The van der Waals surface area contributed by atoms with E-state index in [0.717, 1.165) is 0 Å². The summed E-state index contributed by atoms with van der Waals surface area (Å²) in [6.07, 6.45) is 3.62. The quantitative estimate of drug-likeness (QED) is 0.757. The van der Waals surface area contributed by atoms with Crippen LogP contribution in [-0.4, -0.2) is 0 Å². The summed E-state index contributed by atoms with van der Waals surface area (Å²) in [6, 6.07) is 10.6. The summed E-state index contributed by atoms with van der Waals surface area (Å²) in [5.41, 5.74) is 7.51. The van der Waals surface area contributed by atoms with Crippen molar-refractivity contribution < 1.29 is 0 Å². The average Bonchev–Trinajstić information content (AvgIpc) is 2.26. The molecule has 1 rings (SSSR count). The van der Waals surface area contributed by atoms with Crippen LogP contribution in [0.2, 0.25) is 0 Å². The van der Waals surface area contributed by atoms with Crippen molar-refractivity contribution in [3.8, 4) is 0 Å². The zero-order valence-electron chi connectivity index (χ0n) is 9.24. The molecule has 2 N–H and O–H groups in total. The van der Waals surface area contributed by atoms with Gasteiger partial charge in [0.25, 0.3) is 0 Å². The van der Waals surface area contributed by atoms with Crippen LogP contribution in [0, 0.1) is 5.92 Å². The fraction of sp³-hybridized carbons (Fsp3) is 0.538. The smallest absolute Gasteiger partial charge is 0.0323 e. The van der Waals surface area contributed by atoms with Crippen LogP contribution in [0.5, 0.6) is 0 Å². The van der Waals surface area contributed by atoms with Gasteiger partial charge in [-0.05, 0) is 17.9 Å². The lowest BCUT2D eigenvalue weighted by atomic mass is 9.88. The Morgan fingerprint density at radius 3 is 2.29 bits per heavy atom. The van der Waals surface area contributed by atoms with Crippen LogP contribution in [0.3, 0.4) is 0 Å². The summed E-state index contributed by atoms with van der Waals surface area (Å²) >= 11 is 0. The van der Waals surface area contributed by atoms with Gasteiger partial charge in [-0.3, -0.25) is 0 Å². The van der Waals surface area contributed by atoms with Gasteiger partial charge in [0.1, 0.15) is 0 Å². The molecule has 1 aromatic carbocycles. The Bertz CT molecular complexity index is 243. The van der Waals surface area contributed by atoms with Gasteiger partial charge < -0.3 is 5.73 Å². The van der Waals surface area contributed by atoms with Crippen molar-refractivity contribution in [1.29, 1.82) is 0 Å². The molecule has 0 fully saturated rings. The van der Waals surface area contributed by atoms with Crippen molar-refractivity contribution in [3.63, 3.8) is 0 Å². The van der Waals surface area contributed by atoms with E-state index in [1.807, 2.05) is 6.07 Å². The highest BCUT2D eigenvalue weighted by atomic mass is 14.6. The van der Waals surface area contributed by atoms with Gasteiger partial charge in [0.15, 0.2) is 0 Å². The van der Waals surface area contributed by atoms with Gasteiger partial charge in [0.2, 0.25) is 0 Å². The predicted molar refractivity (Wildman–Crippen MR) is 62.1 cm³/mol. The minimum absolute atomic E-state index is 0.209. The van der Waals surface area contributed by atoms with Crippen LogP contribution in [0.15, 0.2) is 30.3 Å². The van der Waals surface area contributed by atoms with E-state index >= 15 is 0 Å². The minimum atomic E-state index is 0.209. The van der Waals surface area contributed by atoms with Crippen LogP contribution in [-0.2, 0) is 0 Å². The van der Waals surface area contributed by atoms with Crippen LogP contribution in [0.1, 0.15) is 44.7 Å². The molecule has 0 aliphatic heterocycles. The first kappa shape index (κ1) is 11.3. The zero-order valence-corrected chi connectivity index (χ0v) is 9.24. The van der Waals surface area contributed by atoms with Gasteiger partial charge in [0.05, 0.1) is 0 Å². The molecule has 0 radical (unpaired) electrons. The van der Waals surface area contributed by atoms with E-state index in [-0.39, 0.29) is 6.04 Å². The summed E-state index contributed by atoms with van der Waals surface area (Å²) in [7, 11) is 0. The van der Waals surface area contributed by atoms with Gasteiger partial charge in [-0.25, -0.2) is 0 Å². The standard InChI is InChI=1S/C13H21N/c1-3-8-11(4-2)13(14)12-9-6-5-7-10-12/h5-7,9-11,13H,3-4,8,14H2,1-2H3. The first-order valence-corrected chi connectivity index (χ1v) is 5.60. The molecule has 2 atom stereocenters. The van der Waals surface area contributed by atoms with Gasteiger partial charge in [-0.1, -0.05) is 57.0 Å². The molecular formula is C13H21N. The first-order chi connectivity index (χ1) is 6.79. The van der Waals surface area contributed by atoms with Crippen molar-refractivity contribution in [2.24, 2.45) is 11.7 Å². The van der Waals surface area contributed by atoms with Crippen molar-refractivity contribution >= 4 is 0 Å². The number of benzene rings is 1. The predicted octanol–water partition coefficient (Wildman–Crippen LogP) is 3.51. The summed E-state index contributed by atoms with van der Waals surface area (Å²) in [5.74, 6) is 0.627. The average molecular weight is 191 g/mol. The van der Waals surface area contributed by atoms with E-state index in [1.54, 1.807) is 0 Å². The van der Waals surface area contributed by atoms with Gasteiger partial charge in [-0.15, -0.1) is 0 Å². The Kier molecular flexibility index (Phi) is 4.68. The van der Waals surface area contributed by atoms with Crippen LogP contribution < -0.4 is 5.73 Å². The summed E-state index contributed by atoms with van der Waals surface area (Å²) in [5, 5.41) is 0. The molecule has 14 heavy (non-hydrogen) atoms. The molecule has 0 saturated carbocycles. The van der Waals surface area contributed by atoms with E-state index in [1.165, 1.54) is 24.8 Å². The maximum Gasteiger partial charge on any atom is 0.0323 e. The highest BCUT2D eigenvalue weighted by molar-refractivity contribution is 5.19. The summed E-state index contributed by atoms with van der Waals surface area (Å²) < 4.78 is 0. The van der Waals surface area contributed by atoms with Gasteiger partial charge in [-0.2, -0.15) is 0 Å². The Morgan fingerprint density at radius 2 is 1.79 bits per heavy atom. The third-order valence-electron chi connectivity index (χ3n) is 2.88. The maximum absolute atomic E-state index is 6.24. The van der Waals surface area contributed by atoms with Crippen molar-refractivity contribution in [2.75, 3.05) is 0 Å². The topological polar surface area (TPSA) is 26.0 Å². The summed E-state index contributed by atoms with van der Waals surface area (Å²) in [6.45, 7) is 4.45. The highest BCUT2D eigenvalue weighted by Crippen LogP contribution is 2.25. The SMILES string of the molecule is CCCC(CC)C(N)c1ccccc1. The lowest BCUT2D eigenvalue weighted by molar-refractivity contribution is 0.386. The highest BCUT2D eigenvalue weighted by Gasteiger charge is 2.16. The van der Waals surface area contributed by atoms with Gasteiger partial charge in [0, 0.05) is 6.04 Å². The Labute approximate surface area is 87.3 Å². The maximum atomic E-state index is 6.24. The lowest BCUT2D eigenvalue weighted by Gasteiger charge is -2.22. The molecule has 1 nitrogen and oxygen atoms in total. The third kappa shape index (κ3) is 2.85. The van der Waals surface area contributed by atoms with E-state index < -0.39 is 0 Å². The molecule has 0 amide bonds. The first-order valence-electron chi connectivity index (χ1n) is 5.60. The Balaban J connectivity index is 2.67. The Hall–Kier alpha value is -0.820. The monoisotopic (exact) mass is 191 g/mol. The molecule has 0 aliphatic rings. The second-order valence-corrected chi connectivity index (χ2v) is 3.89. The summed E-state index contributed by atoms with van der Waals surface area (Å²) in [4.78, 5) is 0. The van der Waals surface area contributed by atoms with Crippen LogP contribution in [0.25, 0.3) is 0 Å². The number of nitrogens with two attached hydrogens (primary N) is 1. The molecule has 0 aromatic heterocycles. The fourth-order valence-electron chi connectivity index (χ4n) is 1.96. The van der Waals surface area contributed by atoms with Crippen LogP contribution >= 0.6 is 0 Å². The second-order valence-electron chi connectivity index (χ2n) is 3.89. The van der Waals surface area contributed by atoms with Crippen molar-refractivity contribution in [2.45, 2.75) is 39.2 Å². The molecule has 0 heterocycles. The lowest BCUT2D eigenvalue weighted by Crippen LogP contribution is -2.20. The van der Waals surface area contributed by atoms with Crippen LogP contribution in [0.4, 0.5) is 0 Å². The number of hydrogen-bond donors (Lipinski definition) is 1. The second kappa shape index (κ2) is 5.82. The van der Waals surface area contributed by atoms with E-state index in [4.69, 9.17) is 5.73 Å². The molecule has 0 spiro atoms. The van der Waals surface area contributed by atoms with Crippen molar-refractivity contribution in [3.05, 3.63) is 35.9 Å². The molecule has 1 heteroatoms. The third-order valence-corrected chi connectivity index (χ3v) is 2.88. The van der Waals surface area contributed by atoms with E-state index in [9.17, 15) is 0 Å². The molecule has 2 unspecified atom stereocenters. The molecule has 0 bridgehead atoms. The number of rotatable bonds is 5. The Morgan fingerprint density at radius 1 is 1.14 bits per heavy atom. The fourth-order valence-corrected chi connectivity index (χ4v) is 1.96. The molecule has 78 valence electrons. The molecular weight excluding hydrogens is 170 g/mol. The van der Waals surface area contributed by atoms with Gasteiger partial charge >= 0.3 is 0 Å². The zero-order chi connectivity index (χ0) is 10.4. The number of hydrogen-bond acceptors (Lipinski definition) is 1.